The molecular weight excluding hydrogens is 344 g/mol. The smallest absolute Gasteiger partial charge is 0.311 e. The van der Waals surface area contributed by atoms with Crippen molar-refractivity contribution in [1.29, 1.82) is 0 Å². The summed E-state index contributed by atoms with van der Waals surface area (Å²) in [5.74, 6) is -3.20. The summed E-state index contributed by atoms with van der Waals surface area (Å²) in [4.78, 5) is 12.2. The van der Waals surface area contributed by atoms with Gasteiger partial charge in [0.15, 0.2) is 11.6 Å². The second-order valence-corrected chi connectivity index (χ2v) is 7.70. The van der Waals surface area contributed by atoms with Crippen LogP contribution < -0.4 is 0 Å². The molecule has 0 N–H and O–H groups in total. The predicted octanol–water partition coefficient (Wildman–Crippen LogP) is 1.74. The van der Waals surface area contributed by atoms with Crippen molar-refractivity contribution in [2.45, 2.75) is 89.7 Å². The normalized spacial score (nSPS) is 40.5. The molecule has 0 saturated carbocycles. The molecule has 0 unspecified atom stereocenters. The summed E-state index contributed by atoms with van der Waals surface area (Å²) in [6, 6.07) is 0. The van der Waals surface area contributed by atoms with E-state index < -0.39 is 41.6 Å². The fourth-order valence-electron chi connectivity index (χ4n) is 3.87. The first-order valence-corrected chi connectivity index (χ1v) is 9.26. The Morgan fingerprint density at radius 3 is 2.27 bits per heavy atom. The van der Waals surface area contributed by atoms with Crippen LogP contribution in [-0.4, -0.2) is 67.6 Å². The highest BCUT2D eigenvalue weighted by molar-refractivity contribution is 5.70. The number of hydrogen-bond acceptors (Lipinski definition) is 8. The summed E-state index contributed by atoms with van der Waals surface area (Å²) in [7, 11) is 0. The summed E-state index contributed by atoms with van der Waals surface area (Å²) >= 11 is 0. The van der Waals surface area contributed by atoms with Crippen molar-refractivity contribution in [3.05, 3.63) is 0 Å². The average Bonchev–Trinajstić information content (AvgIpc) is 3.11. The maximum absolute atomic E-state index is 12.2. The Balaban J connectivity index is 1.88. The largest absolute Gasteiger partial charge is 0.466 e. The summed E-state index contributed by atoms with van der Waals surface area (Å²) < 4.78 is 41.2. The molecule has 150 valence electrons. The van der Waals surface area contributed by atoms with Gasteiger partial charge in [-0.2, -0.15) is 0 Å². The molecule has 8 heteroatoms. The van der Waals surface area contributed by atoms with Gasteiger partial charge in [0.25, 0.3) is 0 Å². The Labute approximate surface area is 154 Å². The molecule has 26 heavy (non-hydrogen) atoms. The first kappa shape index (κ1) is 20.0. The Morgan fingerprint density at radius 1 is 0.962 bits per heavy atom. The predicted molar refractivity (Wildman–Crippen MR) is 89.2 cm³/mol. The number of rotatable bonds is 6. The Kier molecular flexibility index (Phi) is 5.38. The highest BCUT2D eigenvalue weighted by atomic mass is 16.8. The minimum Gasteiger partial charge on any atom is -0.466 e. The topological polar surface area (TPSA) is 81.7 Å². The van der Waals surface area contributed by atoms with Gasteiger partial charge in [-0.25, -0.2) is 0 Å². The van der Waals surface area contributed by atoms with Crippen molar-refractivity contribution >= 4 is 5.97 Å². The van der Waals surface area contributed by atoms with Crippen LogP contribution in [0.2, 0.25) is 0 Å². The van der Waals surface area contributed by atoms with Gasteiger partial charge in [0.05, 0.1) is 13.2 Å². The van der Waals surface area contributed by atoms with Crippen LogP contribution >= 0.6 is 0 Å². The zero-order valence-corrected chi connectivity index (χ0v) is 16.4. The van der Waals surface area contributed by atoms with Gasteiger partial charge < -0.3 is 33.2 Å². The van der Waals surface area contributed by atoms with Crippen molar-refractivity contribution in [3.63, 3.8) is 0 Å². The fraction of sp³-hybridized carbons (Fsp3) is 0.944. The van der Waals surface area contributed by atoms with Gasteiger partial charge in [-0.1, -0.05) is 0 Å². The van der Waals surface area contributed by atoms with Gasteiger partial charge in [0.1, 0.15) is 30.8 Å². The van der Waals surface area contributed by atoms with Crippen LogP contribution in [0.1, 0.15) is 48.0 Å². The van der Waals surface area contributed by atoms with E-state index in [4.69, 9.17) is 33.2 Å². The quantitative estimate of drug-likeness (QED) is 0.651. The van der Waals surface area contributed by atoms with Crippen LogP contribution in [-0.2, 0) is 38.0 Å². The van der Waals surface area contributed by atoms with E-state index in [9.17, 15) is 4.79 Å². The zero-order valence-electron chi connectivity index (χ0n) is 16.4. The molecule has 8 nitrogen and oxygen atoms in total. The Bertz CT molecular complexity index is 533. The second-order valence-electron chi connectivity index (χ2n) is 7.70. The zero-order chi connectivity index (χ0) is 19.2. The third kappa shape index (κ3) is 3.76. The number of fused-ring (bicyclic) bond motifs is 1. The molecule has 3 saturated heterocycles. The number of hydrogen-bond donors (Lipinski definition) is 0. The van der Waals surface area contributed by atoms with Crippen LogP contribution in [0.4, 0.5) is 0 Å². The lowest BCUT2D eigenvalue weighted by Crippen LogP contribution is -2.47. The molecule has 0 radical (unpaired) electrons. The SMILES string of the molecule is CCOC(=O)C[C@@]1(OCC)O[C@H]([C@H]2COC(C)(C)O2)[C@@H]2OC(C)(C)O[C@@H]21. The fourth-order valence-corrected chi connectivity index (χ4v) is 3.87. The van der Waals surface area contributed by atoms with Gasteiger partial charge in [-0.15, -0.1) is 0 Å². The minimum atomic E-state index is -1.28. The third-order valence-electron chi connectivity index (χ3n) is 4.70. The molecule has 0 aliphatic carbocycles. The van der Waals surface area contributed by atoms with E-state index in [2.05, 4.69) is 0 Å². The maximum atomic E-state index is 12.2. The molecule has 0 bridgehead atoms. The van der Waals surface area contributed by atoms with Crippen LogP contribution in [0.5, 0.6) is 0 Å². The minimum absolute atomic E-state index is 0.0806. The lowest BCUT2D eigenvalue weighted by atomic mass is 10.00. The van der Waals surface area contributed by atoms with Crippen molar-refractivity contribution < 1.29 is 38.0 Å². The monoisotopic (exact) mass is 374 g/mol. The van der Waals surface area contributed by atoms with E-state index in [0.29, 0.717) is 13.2 Å². The average molecular weight is 374 g/mol. The van der Waals surface area contributed by atoms with E-state index in [0.717, 1.165) is 0 Å². The van der Waals surface area contributed by atoms with Gasteiger partial charge >= 0.3 is 5.97 Å². The molecule has 3 rings (SSSR count). The van der Waals surface area contributed by atoms with Crippen molar-refractivity contribution in [2.24, 2.45) is 0 Å². The van der Waals surface area contributed by atoms with Crippen LogP contribution in [0.25, 0.3) is 0 Å². The highest BCUT2D eigenvalue weighted by Gasteiger charge is 2.66. The first-order valence-electron chi connectivity index (χ1n) is 9.26. The van der Waals surface area contributed by atoms with E-state index in [1.54, 1.807) is 6.92 Å². The Hall–Kier alpha value is -0.770. The molecule has 3 aliphatic rings. The molecule has 0 amide bonds. The lowest BCUT2D eigenvalue weighted by Gasteiger charge is -2.34. The van der Waals surface area contributed by atoms with Crippen LogP contribution in [0.15, 0.2) is 0 Å². The van der Waals surface area contributed by atoms with Crippen molar-refractivity contribution in [2.75, 3.05) is 19.8 Å². The molecule has 3 fully saturated rings. The van der Waals surface area contributed by atoms with Gasteiger partial charge in [-0.3, -0.25) is 4.79 Å². The molecule has 0 aromatic carbocycles. The van der Waals surface area contributed by atoms with Gasteiger partial charge in [-0.05, 0) is 41.5 Å². The molecule has 3 heterocycles. The van der Waals surface area contributed by atoms with E-state index in [1.807, 2.05) is 34.6 Å². The summed E-state index contributed by atoms with van der Waals surface area (Å²) in [5.41, 5.74) is 0. The molecular formula is C18H30O8. The van der Waals surface area contributed by atoms with E-state index in [1.165, 1.54) is 0 Å². The van der Waals surface area contributed by atoms with Gasteiger partial charge in [0.2, 0.25) is 5.79 Å². The van der Waals surface area contributed by atoms with Crippen molar-refractivity contribution in [3.8, 4) is 0 Å². The number of ether oxygens (including phenoxy) is 7. The molecule has 0 aromatic heterocycles. The molecule has 0 spiro atoms. The summed E-state index contributed by atoms with van der Waals surface area (Å²) in [5, 5.41) is 0. The van der Waals surface area contributed by atoms with Crippen molar-refractivity contribution in [1.82, 2.24) is 0 Å². The maximum Gasteiger partial charge on any atom is 0.311 e. The standard InChI is InChI=1S/C18H30O8/c1-7-20-12(19)9-18(21-8-2)15-14(24-17(5,6)26-15)13(25-18)11-10-22-16(3,4)23-11/h11,13-15H,7-10H2,1-6H3/t11-,13-,14+,15+,18-/m1/s1. The third-order valence-corrected chi connectivity index (χ3v) is 4.70. The number of carbonyl (C=O) groups is 1. The number of esters is 1. The molecule has 5 atom stereocenters. The number of carbonyl (C=O) groups excluding carboxylic acids is 1. The Morgan fingerprint density at radius 2 is 1.69 bits per heavy atom. The van der Waals surface area contributed by atoms with Crippen LogP contribution in [0.3, 0.4) is 0 Å². The van der Waals surface area contributed by atoms with E-state index >= 15 is 0 Å². The second kappa shape index (κ2) is 7.00. The summed E-state index contributed by atoms with van der Waals surface area (Å²) in [6.07, 6.45) is -1.92. The first-order chi connectivity index (χ1) is 12.1. The molecule has 3 aliphatic heterocycles. The highest BCUT2D eigenvalue weighted by Crippen LogP contribution is 2.48. The molecule has 0 aromatic rings. The van der Waals surface area contributed by atoms with Crippen LogP contribution in [0, 0.1) is 0 Å². The lowest BCUT2D eigenvalue weighted by molar-refractivity contribution is -0.302. The summed E-state index contributed by atoms with van der Waals surface area (Å²) in [6.45, 7) is 12.0. The van der Waals surface area contributed by atoms with Gasteiger partial charge in [0, 0.05) is 6.61 Å². The van der Waals surface area contributed by atoms with E-state index in [-0.39, 0.29) is 19.1 Å².